The van der Waals surface area contributed by atoms with Crippen molar-refractivity contribution in [2.24, 2.45) is 0 Å². The van der Waals surface area contributed by atoms with Crippen LogP contribution in [-0.4, -0.2) is 11.2 Å². The molecule has 1 atom stereocenters. The molecule has 0 spiro atoms. The first-order valence-corrected chi connectivity index (χ1v) is 8.35. The first kappa shape index (κ1) is 15.1. The molecule has 2 aromatic carbocycles. The molecule has 0 heterocycles. The number of halogens is 1. The molecule has 0 saturated carbocycles. The highest BCUT2D eigenvalue weighted by atomic mass is 32.2. The highest BCUT2D eigenvalue weighted by Gasteiger charge is 2.16. The maximum atomic E-state index is 12.9. The maximum Gasteiger partial charge on any atom is 0.237 e. The molecule has 1 aliphatic rings. The van der Waals surface area contributed by atoms with Crippen LogP contribution in [0.15, 0.2) is 47.4 Å². The fraction of sp³-hybridized carbons (Fsp3) is 0.278. The maximum absolute atomic E-state index is 12.9. The van der Waals surface area contributed by atoms with Gasteiger partial charge in [-0.25, -0.2) is 4.39 Å². The molecule has 1 aliphatic carbocycles. The zero-order valence-electron chi connectivity index (χ0n) is 12.4. The topological polar surface area (TPSA) is 29.1 Å². The molecule has 0 unspecified atom stereocenters. The van der Waals surface area contributed by atoms with E-state index in [1.54, 1.807) is 12.1 Å². The van der Waals surface area contributed by atoms with Gasteiger partial charge in [-0.1, -0.05) is 6.07 Å². The number of hydrogen-bond acceptors (Lipinski definition) is 2. The van der Waals surface area contributed by atoms with Crippen LogP contribution in [0.2, 0.25) is 0 Å². The zero-order valence-corrected chi connectivity index (χ0v) is 13.3. The van der Waals surface area contributed by atoms with Gasteiger partial charge in [0.25, 0.3) is 0 Å². The van der Waals surface area contributed by atoms with Gasteiger partial charge in [-0.3, -0.25) is 4.79 Å². The van der Waals surface area contributed by atoms with Gasteiger partial charge in [0.2, 0.25) is 5.91 Å². The van der Waals surface area contributed by atoms with Crippen molar-refractivity contribution in [2.75, 3.05) is 5.32 Å². The molecule has 2 nitrogen and oxygen atoms in total. The Labute approximate surface area is 134 Å². The van der Waals surface area contributed by atoms with E-state index in [4.69, 9.17) is 0 Å². The van der Waals surface area contributed by atoms with Crippen LogP contribution in [0.3, 0.4) is 0 Å². The lowest BCUT2D eigenvalue weighted by Crippen LogP contribution is -2.22. The normalized spacial score (nSPS) is 14.5. The molecular weight excluding hydrogens is 297 g/mol. The summed E-state index contributed by atoms with van der Waals surface area (Å²) in [6.45, 7) is 1.86. The second-order valence-electron chi connectivity index (χ2n) is 5.54. The van der Waals surface area contributed by atoms with Crippen molar-refractivity contribution in [3.8, 4) is 0 Å². The van der Waals surface area contributed by atoms with E-state index in [2.05, 4.69) is 17.4 Å². The van der Waals surface area contributed by atoms with Crippen molar-refractivity contribution in [3.05, 3.63) is 59.4 Å². The second-order valence-corrected chi connectivity index (χ2v) is 6.95. The lowest BCUT2D eigenvalue weighted by Gasteiger charge is -2.13. The summed E-state index contributed by atoms with van der Waals surface area (Å²) in [6.07, 6.45) is 3.43. The lowest BCUT2D eigenvalue weighted by molar-refractivity contribution is -0.115. The molecule has 0 saturated heterocycles. The molecule has 4 heteroatoms. The van der Waals surface area contributed by atoms with Gasteiger partial charge in [0.15, 0.2) is 0 Å². The summed E-state index contributed by atoms with van der Waals surface area (Å²) >= 11 is 1.43. The molecule has 22 heavy (non-hydrogen) atoms. The molecule has 0 aromatic heterocycles. The number of nitrogens with one attached hydrogen (secondary N) is 1. The average molecular weight is 315 g/mol. The Morgan fingerprint density at radius 2 is 1.86 bits per heavy atom. The summed E-state index contributed by atoms with van der Waals surface area (Å²) in [5.41, 5.74) is 3.60. The van der Waals surface area contributed by atoms with Gasteiger partial charge in [-0.2, -0.15) is 0 Å². The number of amides is 1. The Morgan fingerprint density at radius 1 is 1.14 bits per heavy atom. The van der Waals surface area contributed by atoms with Crippen LogP contribution in [-0.2, 0) is 17.6 Å². The third-order valence-corrected chi connectivity index (χ3v) is 4.97. The molecule has 0 aliphatic heterocycles. The lowest BCUT2D eigenvalue weighted by atomic mass is 10.1. The van der Waals surface area contributed by atoms with Gasteiger partial charge in [0, 0.05) is 10.6 Å². The van der Waals surface area contributed by atoms with Crippen LogP contribution in [0.1, 0.15) is 24.5 Å². The molecule has 1 amide bonds. The van der Waals surface area contributed by atoms with E-state index in [1.807, 2.05) is 13.0 Å². The summed E-state index contributed by atoms with van der Waals surface area (Å²) < 4.78 is 12.9. The summed E-state index contributed by atoms with van der Waals surface area (Å²) in [4.78, 5) is 13.2. The van der Waals surface area contributed by atoms with Gasteiger partial charge < -0.3 is 5.32 Å². The standard InChI is InChI=1S/C18H18FNOS/c1-12(22-17-9-6-15(19)7-10-17)18(21)20-16-8-5-13-3-2-4-14(13)11-16/h5-12H,2-4H2,1H3,(H,20,21)/t12-/m0/s1. The molecule has 1 N–H and O–H groups in total. The van der Waals surface area contributed by atoms with Crippen molar-refractivity contribution in [2.45, 2.75) is 36.3 Å². The minimum atomic E-state index is -0.264. The number of hydrogen-bond donors (Lipinski definition) is 1. The third kappa shape index (κ3) is 3.50. The highest BCUT2D eigenvalue weighted by molar-refractivity contribution is 8.00. The van der Waals surface area contributed by atoms with Crippen molar-refractivity contribution in [1.29, 1.82) is 0 Å². The minimum Gasteiger partial charge on any atom is -0.325 e. The summed E-state index contributed by atoms with van der Waals surface area (Å²) in [5, 5.41) is 2.73. The van der Waals surface area contributed by atoms with E-state index in [9.17, 15) is 9.18 Å². The average Bonchev–Trinajstić information content (AvgIpc) is 2.97. The number of carbonyl (C=O) groups is 1. The van der Waals surface area contributed by atoms with E-state index in [1.165, 1.54) is 41.4 Å². The Balaban J connectivity index is 1.62. The van der Waals surface area contributed by atoms with E-state index < -0.39 is 0 Å². The summed E-state index contributed by atoms with van der Waals surface area (Å²) in [5.74, 6) is -0.299. The van der Waals surface area contributed by atoms with Crippen LogP contribution >= 0.6 is 11.8 Å². The Bertz CT molecular complexity index is 684. The Kier molecular flexibility index (Phi) is 4.48. The number of carbonyl (C=O) groups excluding carboxylic acids is 1. The predicted molar refractivity (Wildman–Crippen MR) is 88.8 cm³/mol. The van der Waals surface area contributed by atoms with E-state index in [0.29, 0.717) is 0 Å². The number of benzene rings is 2. The number of anilines is 1. The van der Waals surface area contributed by atoms with Gasteiger partial charge in [0.05, 0.1) is 5.25 Å². The quantitative estimate of drug-likeness (QED) is 0.846. The molecular formula is C18H18FNOS. The molecule has 3 rings (SSSR count). The van der Waals surface area contributed by atoms with Gasteiger partial charge >= 0.3 is 0 Å². The molecule has 2 aromatic rings. The van der Waals surface area contributed by atoms with Gasteiger partial charge in [-0.15, -0.1) is 11.8 Å². The van der Waals surface area contributed by atoms with E-state index >= 15 is 0 Å². The zero-order chi connectivity index (χ0) is 15.5. The van der Waals surface area contributed by atoms with Crippen LogP contribution in [0, 0.1) is 5.82 Å². The Hall–Kier alpha value is -1.81. The smallest absolute Gasteiger partial charge is 0.237 e. The van der Waals surface area contributed by atoms with Gasteiger partial charge in [-0.05, 0) is 73.7 Å². The first-order chi connectivity index (χ1) is 10.6. The second kappa shape index (κ2) is 6.53. The fourth-order valence-electron chi connectivity index (χ4n) is 2.66. The number of aryl methyl sites for hydroxylation is 2. The molecule has 0 bridgehead atoms. The number of rotatable bonds is 4. The van der Waals surface area contributed by atoms with Crippen LogP contribution in [0.25, 0.3) is 0 Å². The van der Waals surface area contributed by atoms with E-state index in [-0.39, 0.29) is 17.0 Å². The largest absolute Gasteiger partial charge is 0.325 e. The Morgan fingerprint density at radius 3 is 2.64 bits per heavy atom. The minimum absolute atomic E-state index is 0.0349. The molecule has 0 fully saturated rings. The summed E-state index contributed by atoms with van der Waals surface area (Å²) in [6, 6.07) is 12.4. The van der Waals surface area contributed by atoms with Crippen LogP contribution in [0.5, 0.6) is 0 Å². The van der Waals surface area contributed by atoms with Crippen molar-refractivity contribution in [3.63, 3.8) is 0 Å². The van der Waals surface area contributed by atoms with Crippen LogP contribution in [0.4, 0.5) is 10.1 Å². The number of thioether (sulfide) groups is 1. The highest BCUT2D eigenvalue weighted by Crippen LogP contribution is 2.27. The van der Waals surface area contributed by atoms with Gasteiger partial charge in [0.1, 0.15) is 5.82 Å². The third-order valence-electron chi connectivity index (χ3n) is 3.86. The predicted octanol–water partition coefficient (Wildman–Crippen LogP) is 4.43. The first-order valence-electron chi connectivity index (χ1n) is 7.47. The molecule has 0 radical (unpaired) electrons. The van der Waals surface area contributed by atoms with E-state index in [0.717, 1.165) is 23.4 Å². The monoisotopic (exact) mass is 315 g/mol. The van der Waals surface area contributed by atoms with Crippen molar-refractivity contribution < 1.29 is 9.18 Å². The van der Waals surface area contributed by atoms with Crippen molar-refractivity contribution in [1.82, 2.24) is 0 Å². The van der Waals surface area contributed by atoms with Crippen LogP contribution < -0.4 is 5.32 Å². The molecule has 114 valence electrons. The summed E-state index contributed by atoms with van der Waals surface area (Å²) in [7, 11) is 0. The SMILES string of the molecule is C[C@H](Sc1ccc(F)cc1)C(=O)Nc1ccc2c(c1)CCC2. The number of fused-ring (bicyclic) bond motifs is 1. The fourth-order valence-corrected chi connectivity index (χ4v) is 3.53. The van der Waals surface area contributed by atoms with Crippen molar-refractivity contribution >= 4 is 23.4 Å².